The number of nitriles is 1. The first-order valence-corrected chi connectivity index (χ1v) is 6.37. The maximum atomic E-state index is 12.0. The van der Waals surface area contributed by atoms with E-state index in [0.717, 1.165) is 19.3 Å². The number of ether oxygens (including phenoxy) is 1. The van der Waals surface area contributed by atoms with Gasteiger partial charge in [-0.25, -0.2) is 4.79 Å². The number of nitrogens with zero attached hydrogens (tertiary/aromatic N) is 1. The van der Waals surface area contributed by atoms with Crippen molar-refractivity contribution < 1.29 is 9.53 Å². The van der Waals surface area contributed by atoms with Crippen LogP contribution in [0.4, 0.5) is 0 Å². The molecule has 1 aliphatic rings. The number of rotatable bonds is 2. The molecule has 0 aromatic heterocycles. The fraction of sp³-hybridized carbons (Fsp3) is 0.467. The molecule has 3 heteroatoms. The largest absolute Gasteiger partial charge is 0.440 e. The molecular weight excluding hydrogens is 226 g/mol. The van der Waals surface area contributed by atoms with Crippen molar-refractivity contribution in [2.75, 3.05) is 0 Å². The molecule has 1 aromatic carbocycles. The van der Waals surface area contributed by atoms with Crippen LogP contribution in [0.1, 0.15) is 43.0 Å². The van der Waals surface area contributed by atoms with Crippen LogP contribution in [0.5, 0.6) is 0 Å². The molecular formula is C15H17NO2. The fourth-order valence-electron chi connectivity index (χ4n) is 2.46. The first kappa shape index (κ1) is 12.6. The highest BCUT2D eigenvalue weighted by molar-refractivity contribution is 5.89. The van der Waals surface area contributed by atoms with Crippen molar-refractivity contribution in [2.24, 2.45) is 5.92 Å². The monoisotopic (exact) mass is 243 g/mol. The predicted octanol–water partition coefficient (Wildman–Crippen LogP) is 3.32. The first-order valence-electron chi connectivity index (χ1n) is 6.37. The van der Waals surface area contributed by atoms with Crippen LogP contribution < -0.4 is 0 Å². The van der Waals surface area contributed by atoms with Crippen LogP contribution in [0.15, 0.2) is 30.3 Å². The molecule has 0 heterocycles. The Labute approximate surface area is 107 Å². The third kappa shape index (κ3) is 2.38. The van der Waals surface area contributed by atoms with Gasteiger partial charge in [0.1, 0.15) is 6.07 Å². The summed E-state index contributed by atoms with van der Waals surface area (Å²) in [6.45, 7) is 1.99. The number of carbonyl (C=O) groups is 1. The number of esters is 1. The van der Waals surface area contributed by atoms with Crippen LogP contribution in [0, 0.1) is 17.2 Å². The molecule has 1 aliphatic carbocycles. The normalized spacial score (nSPS) is 27.2. The minimum atomic E-state index is -0.939. The lowest BCUT2D eigenvalue weighted by Crippen LogP contribution is -2.42. The smallest absolute Gasteiger partial charge is 0.339 e. The Bertz CT molecular complexity index is 463. The maximum Gasteiger partial charge on any atom is 0.339 e. The average molecular weight is 243 g/mol. The van der Waals surface area contributed by atoms with Gasteiger partial charge < -0.3 is 4.74 Å². The molecule has 94 valence electrons. The SMILES string of the molecule is CC1CCCCC1(C#N)OC(=O)c1ccccc1. The topological polar surface area (TPSA) is 50.1 Å². The van der Waals surface area contributed by atoms with Gasteiger partial charge in [-0.3, -0.25) is 0 Å². The van der Waals surface area contributed by atoms with Crippen LogP contribution in [-0.2, 0) is 4.74 Å². The van der Waals surface area contributed by atoms with Gasteiger partial charge in [0, 0.05) is 12.3 Å². The summed E-state index contributed by atoms with van der Waals surface area (Å²) in [5.74, 6) is -0.296. The molecule has 1 saturated carbocycles. The standard InChI is InChI=1S/C15H17NO2/c1-12-7-5-6-10-15(12,11-16)18-14(17)13-8-3-2-4-9-13/h2-4,8-9,12H,5-7,10H2,1H3. The zero-order valence-corrected chi connectivity index (χ0v) is 10.6. The zero-order valence-electron chi connectivity index (χ0n) is 10.6. The van der Waals surface area contributed by atoms with E-state index in [1.807, 2.05) is 13.0 Å². The van der Waals surface area contributed by atoms with Crippen LogP contribution in [0.3, 0.4) is 0 Å². The molecule has 18 heavy (non-hydrogen) atoms. The molecule has 0 radical (unpaired) electrons. The van der Waals surface area contributed by atoms with Crippen LogP contribution in [-0.4, -0.2) is 11.6 Å². The van der Waals surface area contributed by atoms with Crippen molar-refractivity contribution in [3.05, 3.63) is 35.9 Å². The second kappa shape index (κ2) is 5.22. The van der Waals surface area contributed by atoms with Crippen molar-refractivity contribution in [3.8, 4) is 6.07 Å². The molecule has 1 aromatic rings. The quantitative estimate of drug-likeness (QED) is 0.749. The first-order chi connectivity index (χ1) is 8.68. The molecule has 1 fully saturated rings. The number of carbonyl (C=O) groups excluding carboxylic acids is 1. The van der Waals surface area contributed by atoms with E-state index in [-0.39, 0.29) is 5.92 Å². The Morgan fingerprint density at radius 2 is 2.11 bits per heavy atom. The summed E-state index contributed by atoms with van der Waals surface area (Å²) in [6, 6.07) is 11.1. The van der Waals surface area contributed by atoms with Gasteiger partial charge in [-0.15, -0.1) is 0 Å². The molecule has 0 amide bonds. The Hall–Kier alpha value is -1.82. The summed E-state index contributed by atoms with van der Waals surface area (Å²) in [7, 11) is 0. The molecule has 0 saturated heterocycles. The van der Waals surface area contributed by atoms with E-state index in [4.69, 9.17) is 4.74 Å². The van der Waals surface area contributed by atoms with Gasteiger partial charge in [-0.1, -0.05) is 31.5 Å². The molecule has 2 atom stereocenters. The second-order valence-corrected chi connectivity index (χ2v) is 4.90. The van der Waals surface area contributed by atoms with Crippen LogP contribution in [0.25, 0.3) is 0 Å². The van der Waals surface area contributed by atoms with E-state index >= 15 is 0 Å². The Morgan fingerprint density at radius 1 is 1.39 bits per heavy atom. The fourth-order valence-corrected chi connectivity index (χ4v) is 2.46. The van der Waals surface area contributed by atoms with Gasteiger partial charge in [-0.2, -0.15) is 5.26 Å². The third-order valence-corrected chi connectivity index (χ3v) is 3.70. The average Bonchev–Trinajstić information content (AvgIpc) is 2.42. The van der Waals surface area contributed by atoms with E-state index in [9.17, 15) is 10.1 Å². The molecule has 2 unspecified atom stereocenters. The minimum absolute atomic E-state index is 0.101. The van der Waals surface area contributed by atoms with E-state index in [0.29, 0.717) is 12.0 Å². The Kier molecular flexibility index (Phi) is 3.66. The van der Waals surface area contributed by atoms with Crippen molar-refractivity contribution in [1.29, 1.82) is 5.26 Å². The number of hydrogen-bond acceptors (Lipinski definition) is 3. The summed E-state index contributed by atoms with van der Waals surface area (Å²) in [5, 5.41) is 9.38. The van der Waals surface area contributed by atoms with Gasteiger partial charge in [0.05, 0.1) is 5.56 Å². The second-order valence-electron chi connectivity index (χ2n) is 4.90. The van der Waals surface area contributed by atoms with Gasteiger partial charge in [0.15, 0.2) is 5.60 Å². The summed E-state index contributed by atoms with van der Waals surface area (Å²) >= 11 is 0. The molecule has 0 aliphatic heterocycles. The number of hydrogen-bond donors (Lipinski definition) is 0. The van der Waals surface area contributed by atoms with E-state index < -0.39 is 11.6 Å². The highest BCUT2D eigenvalue weighted by Crippen LogP contribution is 2.36. The third-order valence-electron chi connectivity index (χ3n) is 3.70. The lowest BCUT2D eigenvalue weighted by Gasteiger charge is -2.36. The van der Waals surface area contributed by atoms with Crippen molar-refractivity contribution in [2.45, 2.75) is 38.2 Å². The Morgan fingerprint density at radius 3 is 2.72 bits per heavy atom. The van der Waals surface area contributed by atoms with E-state index in [2.05, 4.69) is 6.07 Å². The van der Waals surface area contributed by atoms with Gasteiger partial charge in [0.2, 0.25) is 0 Å². The van der Waals surface area contributed by atoms with E-state index in [1.54, 1.807) is 24.3 Å². The van der Waals surface area contributed by atoms with Gasteiger partial charge >= 0.3 is 5.97 Å². The summed E-state index contributed by atoms with van der Waals surface area (Å²) in [6.07, 6.45) is 3.63. The van der Waals surface area contributed by atoms with Crippen molar-refractivity contribution in [1.82, 2.24) is 0 Å². The highest BCUT2D eigenvalue weighted by atomic mass is 16.6. The molecule has 0 N–H and O–H groups in total. The Balaban J connectivity index is 2.16. The maximum absolute atomic E-state index is 12.0. The summed E-state index contributed by atoms with van der Waals surface area (Å²) in [4.78, 5) is 12.0. The zero-order chi connectivity index (χ0) is 13.0. The molecule has 0 bridgehead atoms. The van der Waals surface area contributed by atoms with Gasteiger partial charge in [-0.05, 0) is 25.0 Å². The predicted molar refractivity (Wildman–Crippen MR) is 67.8 cm³/mol. The summed E-state index contributed by atoms with van der Waals surface area (Å²) < 4.78 is 5.53. The lowest BCUT2D eigenvalue weighted by molar-refractivity contribution is -0.0322. The minimum Gasteiger partial charge on any atom is -0.440 e. The van der Waals surface area contributed by atoms with E-state index in [1.165, 1.54) is 0 Å². The number of benzene rings is 1. The molecule has 3 nitrogen and oxygen atoms in total. The summed E-state index contributed by atoms with van der Waals surface area (Å²) in [5.41, 5.74) is -0.435. The van der Waals surface area contributed by atoms with Crippen molar-refractivity contribution >= 4 is 5.97 Å². The molecule has 2 rings (SSSR count). The highest BCUT2D eigenvalue weighted by Gasteiger charge is 2.42. The van der Waals surface area contributed by atoms with Crippen molar-refractivity contribution in [3.63, 3.8) is 0 Å². The lowest BCUT2D eigenvalue weighted by atomic mass is 9.77. The van der Waals surface area contributed by atoms with Crippen LogP contribution in [0.2, 0.25) is 0 Å². The van der Waals surface area contributed by atoms with Gasteiger partial charge in [0.25, 0.3) is 0 Å². The van der Waals surface area contributed by atoms with Crippen LogP contribution >= 0.6 is 0 Å². The molecule has 0 spiro atoms.